The van der Waals surface area contributed by atoms with Crippen molar-refractivity contribution < 1.29 is 35.7 Å². The molecule has 0 aromatic heterocycles. The summed E-state index contributed by atoms with van der Waals surface area (Å²) in [5.74, 6) is -2.32. The van der Waals surface area contributed by atoms with Crippen LogP contribution in [-0.2, 0) is 10.0 Å². The van der Waals surface area contributed by atoms with E-state index in [1.807, 2.05) is 4.72 Å². The second-order valence-electron chi connectivity index (χ2n) is 5.35. The summed E-state index contributed by atoms with van der Waals surface area (Å²) in [4.78, 5) is 20.9. The number of hydrogen-bond donors (Lipinski definition) is 2. The summed E-state index contributed by atoms with van der Waals surface area (Å²) >= 11 is 0. The van der Waals surface area contributed by atoms with Gasteiger partial charge in [-0.1, -0.05) is 6.07 Å². The predicted octanol–water partition coefficient (Wildman–Crippen LogP) is 2.83. The second-order valence-corrected chi connectivity index (χ2v) is 7.04. The molecule has 0 unspecified atom stereocenters. The topological polar surface area (TPSA) is 118 Å². The summed E-state index contributed by atoms with van der Waals surface area (Å²) < 4.78 is 76.5. The van der Waals surface area contributed by atoms with Crippen LogP contribution in [-0.4, -0.2) is 32.0 Å². The van der Waals surface area contributed by atoms with E-state index in [-0.39, 0.29) is 11.3 Å². The van der Waals surface area contributed by atoms with Gasteiger partial charge in [0.25, 0.3) is 15.9 Å². The van der Waals surface area contributed by atoms with Crippen LogP contribution in [0.1, 0.15) is 10.4 Å². The molecule has 28 heavy (non-hydrogen) atoms. The van der Waals surface area contributed by atoms with E-state index in [0.717, 1.165) is 30.3 Å². The predicted molar refractivity (Wildman–Crippen MR) is 88.7 cm³/mol. The minimum atomic E-state index is -4.64. The molecule has 0 atom stereocenters. The van der Waals surface area contributed by atoms with E-state index in [1.54, 1.807) is 5.32 Å². The van der Waals surface area contributed by atoms with Crippen LogP contribution in [0, 0.1) is 15.9 Å². The van der Waals surface area contributed by atoms with Gasteiger partial charge in [-0.2, -0.15) is 17.6 Å². The number of anilines is 1. The number of carbonyl (C=O) groups excluding carboxylic acids is 1. The number of amides is 1. The fourth-order valence-corrected chi connectivity index (χ4v) is 3.11. The zero-order chi connectivity index (χ0) is 21.1. The first-order chi connectivity index (χ1) is 12.9. The van der Waals surface area contributed by atoms with Gasteiger partial charge in [-0.25, -0.2) is 8.42 Å². The van der Waals surface area contributed by atoms with E-state index in [9.17, 15) is 40.9 Å². The van der Waals surface area contributed by atoms with Gasteiger partial charge in [0.1, 0.15) is 6.54 Å². The highest BCUT2D eigenvalue weighted by atomic mass is 32.2. The SMILES string of the molecule is O=C(NCC(F)(F)F)c1cccc(S(=O)(=O)Nc2ccc(F)c([N+](=O)[O-])c2)c1. The van der Waals surface area contributed by atoms with Crippen molar-refractivity contribution in [2.75, 3.05) is 11.3 Å². The molecule has 13 heteroatoms. The van der Waals surface area contributed by atoms with Gasteiger partial charge in [0.2, 0.25) is 5.82 Å². The van der Waals surface area contributed by atoms with Gasteiger partial charge in [-0.15, -0.1) is 0 Å². The smallest absolute Gasteiger partial charge is 0.343 e. The highest BCUT2D eigenvalue weighted by Gasteiger charge is 2.28. The summed E-state index contributed by atoms with van der Waals surface area (Å²) in [7, 11) is -4.37. The number of rotatable bonds is 6. The third-order valence-electron chi connectivity index (χ3n) is 3.25. The molecule has 2 aromatic rings. The van der Waals surface area contributed by atoms with Gasteiger partial charge in [-0.3, -0.25) is 19.6 Å². The van der Waals surface area contributed by atoms with Crippen LogP contribution < -0.4 is 10.0 Å². The van der Waals surface area contributed by atoms with E-state index in [1.165, 1.54) is 0 Å². The lowest BCUT2D eigenvalue weighted by Gasteiger charge is -2.11. The number of sulfonamides is 1. The number of nitro groups is 1. The van der Waals surface area contributed by atoms with Crippen molar-refractivity contribution in [2.24, 2.45) is 0 Å². The molecule has 0 bridgehead atoms. The second kappa shape index (κ2) is 7.80. The fourth-order valence-electron chi connectivity index (χ4n) is 2.02. The first kappa shape index (κ1) is 21.1. The maximum atomic E-state index is 13.3. The molecule has 0 aliphatic heterocycles. The van der Waals surface area contributed by atoms with E-state index in [0.29, 0.717) is 12.1 Å². The first-order valence-electron chi connectivity index (χ1n) is 7.31. The Kier molecular flexibility index (Phi) is 5.87. The molecule has 0 saturated heterocycles. The number of nitro benzene ring substituents is 1. The lowest BCUT2D eigenvalue weighted by Crippen LogP contribution is -2.33. The molecular weight excluding hydrogens is 410 g/mol. The van der Waals surface area contributed by atoms with Crippen LogP contribution in [0.3, 0.4) is 0 Å². The molecule has 0 fully saturated rings. The Hall–Kier alpha value is -3.22. The molecule has 2 aromatic carbocycles. The van der Waals surface area contributed by atoms with Gasteiger partial charge in [0, 0.05) is 11.6 Å². The molecule has 0 aliphatic carbocycles. The molecular formula is C15H11F4N3O5S. The Bertz CT molecular complexity index is 1020. The highest BCUT2D eigenvalue weighted by Crippen LogP contribution is 2.24. The van der Waals surface area contributed by atoms with E-state index >= 15 is 0 Å². The van der Waals surface area contributed by atoms with Gasteiger partial charge >= 0.3 is 11.9 Å². The minimum Gasteiger partial charge on any atom is -0.343 e. The standard InChI is InChI=1S/C15H11F4N3O5S/c16-12-5-4-10(7-13(12)22(24)25)21-28(26,27)11-3-1-2-9(6-11)14(23)20-8-15(17,18)19/h1-7,21H,8H2,(H,20,23). The lowest BCUT2D eigenvalue weighted by molar-refractivity contribution is -0.387. The Morgan fingerprint density at radius 2 is 1.82 bits per heavy atom. The molecule has 0 aliphatic rings. The van der Waals surface area contributed by atoms with Crippen LogP contribution in [0.5, 0.6) is 0 Å². The van der Waals surface area contributed by atoms with Crippen molar-refractivity contribution in [3.63, 3.8) is 0 Å². The van der Waals surface area contributed by atoms with Crippen LogP contribution in [0.2, 0.25) is 0 Å². The number of halogens is 4. The third-order valence-corrected chi connectivity index (χ3v) is 4.63. The van der Waals surface area contributed by atoms with Gasteiger partial charge in [0.15, 0.2) is 0 Å². The normalized spacial score (nSPS) is 11.7. The minimum absolute atomic E-state index is 0.319. The van der Waals surface area contributed by atoms with Crippen molar-refractivity contribution in [1.82, 2.24) is 5.32 Å². The molecule has 1 amide bonds. The molecule has 2 N–H and O–H groups in total. The molecule has 150 valence electrons. The van der Waals surface area contributed by atoms with Crippen molar-refractivity contribution in [1.29, 1.82) is 0 Å². The van der Waals surface area contributed by atoms with Crippen molar-refractivity contribution in [2.45, 2.75) is 11.1 Å². The molecule has 8 nitrogen and oxygen atoms in total. The largest absolute Gasteiger partial charge is 0.405 e. The van der Waals surface area contributed by atoms with E-state index in [2.05, 4.69) is 0 Å². The van der Waals surface area contributed by atoms with Crippen molar-refractivity contribution in [3.8, 4) is 0 Å². The zero-order valence-corrected chi connectivity index (χ0v) is 14.5. The highest BCUT2D eigenvalue weighted by molar-refractivity contribution is 7.92. The molecule has 0 heterocycles. The van der Waals surface area contributed by atoms with Crippen molar-refractivity contribution in [3.05, 3.63) is 64.0 Å². The lowest BCUT2D eigenvalue weighted by atomic mass is 10.2. The average molecular weight is 421 g/mol. The van der Waals surface area contributed by atoms with Gasteiger partial charge in [0.05, 0.1) is 15.5 Å². The Balaban J connectivity index is 2.26. The van der Waals surface area contributed by atoms with Crippen LogP contribution in [0.25, 0.3) is 0 Å². The summed E-state index contributed by atoms with van der Waals surface area (Å²) in [6.45, 7) is -1.60. The molecule has 0 spiro atoms. The summed E-state index contributed by atoms with van der Waals surface area (Å²) in [6, 6.07) is 6.41. The van der Waals surface area contributed by atoms with Gasteiger partial charge in [-0.05, 0) is 30.3 Å². The maximum Gasteiger partial charge on any atom is 0.405 e. The maximum absolute atomic E-state index is 13.3. The molecule has 0 saturated carbocycles. The number of alkyl halides is 3. The zero-order valence-electron chi connectivity index (χ0n) is 13.7. The Morgan fingerprint density at radius 3 is 2.43 bits per heavy atom. The fraction of sp³-hybridized carbons (Fsp3) is 0.133. The van der Waals surface area contributed by atoms with E-state index < -0.39 is 50.0 Å². The van der Waals surface area contributed by atoms with Crippen LogP contribution >= 0.6 is 0 Å². The average Bonchev–Trinajstić information content (AvgIpc) is 2.60. The van der Waals surface area contributed by atoms with Crippen molar-refractivity contribution >= 4 is 27.3 Å². The monoisotopic (exact) mass is 421 g/mol. The number of nitrogens with zero attached hydrogens (tertiary/aromatic N) is 1. The first-order valence-corrected chi connectivity index (χ1v) is 8.79. The number of carbonyl (C=O) groups is 1. The Morgan fingerprint density at radius 1 is 1.14 bits per heavy atom. The molecule has 2 rings (SSSR count). The molecule has 0 radical (unpaired) electrons. The summed E-state index contributed by atoms with van der Waals surface area (Å²) in [6.07, 6.45) is -4.64. The number of benzene rings is 2. The number of nitrogens with one attached hydrogen (secondary N) is 2. The van der Waals surface area contributed by atoms with Gasteiger partial charge < -0.3 is 5.32 Å². The number of hydrogen-bond acceptors (Lipinski definition) is 5. The quantitative estimate of drug-likeness (QED) is 0.422. The van der Waals surface area contributed by atoms with Crippen LogP contribution in [0.15, 0.2) is 47.4 Å². The van der Waals surface area contributed by atoms with Crippen LogP contribution in [0.4, 0.5) is 28.9 Å². The van der Waals surface area contributed by atoms with E-state index in [4.69, 9.17) is 0 Å². The Labute approximate surface area is 155 Å². The third kappa shape index (κ3) is 5.39. The summed E-state index contributed by atoms with van der Waals surface area (Å²) in [5, 5.41) is 12.3. The summed E-state index contributed by atoms with van der Waals surface area (Å²) in [5.41, 5.74) is -1.63.